The predicted octanol–water partition coefficient (Wildman–Crippen LogP) is 2.72. The summed E-state index contributed by atoms with van der Waals surface area (Å²) in [4.78, 5) is 14.2. The number of amides is 1. The van der Waals surface area contributed by atoms with Gasteiger partial charge in [-0.15, -0.1) is 0 Å². The molecule has 1 aromatic carbocycles. The van der Waals surface area contributed by atoms with Crippen molar-refractivity contribution < 1.29 is 4.79 Å². The van der Waals surface area contributed by atoms with Crippen molar-refractivity contribution in [1.82, 2.24) is 4.90 Å². The van der Waals surface area contributed by atoms with Gasteiger partial charge in [0.15, 0.2) is 0 Å². The molecule has 18 heavy (non-hydrogen) atoms. The lowest BCUT2D eigenvalue weighted by Crippen LogP contribution is -2.47. The average molecular weight is 248 g/mol. The first-order valence-corrected chi connectivity index (χ1v) is 6.61. The molecule has 0 aliphatic carbocycles. The average Bonchev–Trinajstić information content (AvgIpc) is 2.35. The van der Waals surface area contributed by atoms with Crippen molar-refractivity contribution in [2.75, 3.05) is 0 Å². The third-order valence-corrected chi connectivity index (χ3v) is 3.11. The fourth-order valence-electron chi connectivity index (χ4n) is 2.27. The molecule has 100 valence electrons. The number of nitrogens with two attached hydrogens (primary N) is 1. The standard InChI is InChI=1S/C15H24N2O/c1-5-14(13-9-7-6-8-10-13)17(11(2)3)15(18)12(4)16/h6-12,14H,5,16H2,1-4H3/t12-,14-/m0/s1. The van der Waals surface area contributed by atoms with E-state index in [0.717, 1.165) is 6.42 Å². The molecular formula is C15H24N2O. The second kappa shape index (κ2) is 6.55. The zero-order chi connectivity index (χ0) is 13.7. The molecule has 1 amide bonds. The van der Waals surface area contributed by atoms with Gasteiger partial charge < -0.3 is 10.6 Å². The summed E-state index contributed by atoms with van der Waals surface area (Å²) in [5.74, 6) is 0.0145. The van der Waals surface area contributed by atoms with Crippen LogP contribution in [0.5, 0.6) is 0 Å². The van der Waals surface area contributed by atoms with Gasteiger partial charge >= 0.3 is 0 Å². The van der Waals surface area contributed by atoms with Crippen molar-refractivity contribution in [1.29, 1.82) is 0 Å². The molecule has 1 rings (SSSR count). The van der Waals surface area contributed by atoms with Crippen LogP contribution in [0.3, 0.4) is 0 Å². The summed E-state index contributed by atoms with van der Waals surface area (Å²) in [7, 11) is 0. The van der Waals surface area contributed by atoms with Gasteiger partial charge in [0, 0.05) is 6.04 Å². The van der Waals surface area contributed by atoms with Crippen LogP contribution in [-0.2, 0) is 4.79 Å². The Balaban J connectivity index is 3.06. The Bertz CT molecular complexity index is 373. The minimum Gasteiger partial charge on any atom is -0.332 e. The molecule has 0 radical (unpaired) electrons. The fraction of sp³-hybridized carbons (Fsp3) is 0.533. The molecule has 0 saturated carbocycles. The Morgan fingerprint density at radius 2 is 1.78 bits per heavy atom. The Hall–Kier alpha value is -1.35. The van der Waals surface area contributed by atoms with E-state index in [0.29, 0.717) is 0 Å². The highest BCUT2D eigenvalue weighted by Gasteiger charge is 2.27. The van der Waals surface area contributed by atoms with Crippen molar-refractivity contribution in [2.45, 2.75) is 52.2 Å². The summed E-state index contributed by atoms with van der Waals surface area (Å²) in [5.41, 5.74) is 6.92. The molecule has 2 N–H and O–H groups in total. The molecule has 0 bridgehead atoms. The number of nitrogens with zero attached hydrogens (tertiary/aromatic N) is 1. The molecule has 1 aromatic rings. The van der Waals surface area contributed by atoms with Crippen LogP contribution in [-0.4, -0.2) is 22.9 Å². The summed E-state index contributed by atoms with van der Waals surface area (Å²) in [6.07, 6.45) is 0.890. The van der Waals surface area contributed by atoms with Crippen LogP contribution < -0.4 is 5.73 Å². The van der Waals surface area contributed by atoms with Crippen LogP contribution in [0.4, 0.5) is 0 Å². The number of benzene rings is 1. The summed E-state index contributed by atoms with van der Waals surface area (Å²) < 4.78 is 0. The van der Waals surface area contributed by atoms with Crippen molar-refractivity contribution in [3.63, 3.8) is 0 Å². The maximum absolute atomic E-state index is 12.3. The van der Waals surface area contributed by atoms with Gasteiger partial charge in [0.1, 0.15) is 0 Å². The molecule has 0 heterocycles. The molecule has 3 nitrogen and oxygen atoms in total. The molecule has 0 aliphatic rings. The fourth-order valence-corrected chi connectivity index (χ4v) is 2.27. The largest absolute Gasteiger partial charge is 0.332 e. The van der Waals surface area contributed by atoms with Gasteiger partial charge in [0.05, 0.1) is 12.1 Å². The van der Waals surface area contributed by atoms with Gasteiger partial charge in [-0.1, -0.05) is 37.3 Å². The topological polar surface area (TPSA) is 46.3 Å². The number of rotatable bonds is 5. The molecule has 0 unspecified atom stereocenters. The SMILES string of the molecule is CC[C@@H](c1ccccc1)N(C(=O)[C@H](C)N)C(C)C. The third-order valence-electron chi connectivity index (χ3n) is 3.11. The molecule has 0 aromatic heterocycles. The van der Waals surface area contributed by atoms with E-state index in [1.54, 1.807) is 6.92 Å². The maximum atomic E-state index is 12.3. The van der Waals surface area contributed by atoms with Crippen LogP contribution in [0.2, 0.25) is 0 Å². The monoisotopic (exact) mass is 248 g/mol. The lowest BCUT2D eigenvalue weighted by molar-refractivity contribution is -0.136. The van der Waals surface area contributed by atoms with Gasteiger partial charge in [-0.3, -0.25) is 4.79 Å². The number of hydrogen-bond donors (Lipinski definition) is 1. The Kier molecular flexibility index (Phi) is 5.35. The highest BCUT2D eigenvalue weighted by molar-refractivity contribution is 5.82. The summed E-state index contributed by atoms with van der Waals surface area (Å²) in [6.45, 7) is 7.91. The first-order chi connectivity index (χ1) is 8.49. The first-order valence-electron chi connectivity index (χ1n) is 6.61. The van der Waals surface area contributed by atoms with Crippen molar-refractivity contribution >= 4 is 5.91 Å². The van der Waals surface area contributed by atoms with Crippen LogP contribution in [0.25, 0.3) is 0 Å². The molecule has 0 fully saturated rings. The summed E-state index contributed by atoms with van der Waals surface area (Å²) in [5, 5.41) is 0. The quantitative estimate of drug-likeness (QED) is 0.871. The van der Waals surface area contributed by atoms with Crippen LogP contribution in [0.15, 0.2) is 30.3 Å². The first kappa shape index (κ1) is 14.7. The molecule has 2 atom stereocenters. The van der Waals surface area contributed by atoms with E-state index in [2.05, 4.69) is 19.1 Å². The third kappa shape index (κ3) is 3.33. The number of carbonyl (C=O) groups excluding carboxylic acids is 1. The van der Waals surface area contributed by atoms with Gasteiger partial charge in [-0.05, 0) is 32.8 Å². The number of hydrogen-bond acceptors (Lipinski definition) is 2. The van der Waals surface area contributed by atoms with Gasteiger partial charge in [0.2, 0.25) is 5.91 Å². The van der Waals surface area contributed by atoms with Crippen LogP contribution >= 0.6 is 0 Å². The molecule has 0 saturated heterocycles. The highest BCUT2D eigenvalue weighted by Crippen LogP contribution is 2.26. The van der Waals surface area contributed by atoms with Crippen LogP contribution in [0, 0.1) is 0 Å². The summed E-state index contributed by atoms with van der Waals surface area (Å²) >= 11 is 0. The van der Waals surface area contributed by atoms with Gasteiger partial charge in [-0.25, -0.2) is 0 Å². The lowest BCUT2D eigenvalue weighted by atomic mass is 10.0. The van der Waals surface area contributed by atoms with E-state index in [1.807, 2.05) is 36.9 Å². The molecule has 0 spiro atoms. The van der Waals surface area contributed by atoms with Crippen molar-refractivity contribution in [3.8, 4) is 0 Å². The van der Waals surface area contributed by atoms with Crippen LogP contribution in [0.1, 0.15) is 45.7 Å². The second-order valence-corrected chi connectivity index (χ2v) is 4.96. The zero-order valence-electron chi connectivity index (χ0n) is 11.8. The minimum atomic E-state index is -0.454. The Morgan fingerprint density at radius 3 is 2.17 bits per heavy atom. The van der Waals surface area contributed by atoms with Crippen molar-refractivity contribution in [2.24, 2.45) is 5.73 Å². The van der Waals surface area contributed by atoms with E-state index < -0.39 is 6.04 Å². The predicted molar refractivity (Wildman–Crippen MR) is 75.1 cm³/mol. The van der Waals surface area contributed by atoms with E-state index in [-0.39, 0.29) is 18.0 Å². The molecular weight excluding hydrogens is 224 g/mol. The Labute approximate surface area is 110 Å². The normalized spacial score (nSPS) is 14.3. The Morgan fingerprint density at radius 1 is 1.22 bits per heavy atom. The maximum Gasteiger partial charge on any atom is 0.239 e. The molecule has 0 aliphatic heterocycles. The van der Waals surface area contributed by atoms with E-state index in [1.165, 1.54) is 5.56 Å². The van der Waals surface area contributed by atoms with Gasteiger partial charge in [0.25, 0.3) is 0 Å². The van der Waals surface area contributed by atoms with Gasteiger partial charge in [-0.2, -0.15) is 0 Å². The number of carbonyl (C=O) groups is 1. The lowest BCUT2D eigenvalue weighted by Gasteiger charge is -2.36. The zero-order valence-corrected chi connectivity index (χ0v) is 11.8. The summed E-state index contributed by atoms with van der Waals surface area (Å²) in [6, 6.07) is 9.93. The van der Waals surface area contributed by atoms with E-state index >= 15 is 0 Å². The molecule has 3 heteroatoms. The smallest absolute Gasteiger partial charge is 0.239 e. The highest BCUT2D eigenvalue weighted by atomic mass is 16.2. The van der Waals surface area contributed by atoms with E-state index in [9.17, 15) is 4.79 Å². The minimum absolute atomic E-state index is 0.0145. The van der Waals surface area contributed by atoms with Crippen molar-refractivity contribution in [3.05, 3.63) is 35.9 Å². The second-order valence-electron chi connectivity index (χ2n) is 4.96. The van der Waals surface area contributed by atoms with E-state index in [4.69, 9.17) is 5.73 Å².